The number of imidazole rings is 1. The summed E-state index contributed by atoms with van der Waals surface area (Å²) in [5.41, 5.74) is 2.90. The highest BCUT2D eigenvalue weighted by Crippen LogP contribution is 2.15. The molecule has 0 atom stereocenters. The van der Waals surface area contributed by atoms with Crippen LogP contribution in [0.25, 0.3) is 17.4 Å². The van der Waals surface area contributed by atoms with Crippen molar-refractivity contribution in [3.05, 3.63) is 67.6 Å². The first-order valence-corrected chi connectivity index (χ1v) is 5.96. The van der Waals surface area contributed by atoms with Crippen LogP contribution in [0.4, 0.5) is 0 Å². The monoisotopic (exact) mass is 252 g/mol. The van der Waals surface area contributed by atoms with Gasteiger partial charge in [-0.05, 0) is 30.8 Å². The third-order valence-electron chi connectivity index (χ3n) is 2.66. The fraction of sp³-hybridized carbons (Fsp3) is 0.0667. The summed E-state index contributed by atoms with van der Waals surface area (Å²) >= 11 is 0. The molecule has 0 amide bonds. The standard InChI is InChI=1S/C15H16N4/c1-4-12(7-8-16-6-3)13-9-17-15-18-14(5-2)11-19(15)10-13/h4-11,16H,2-3H2,1H3/b8-7-,12-4+. The molecule has 19 heavy (non-hydrogen) atoms. The molecule has 2 rings (SSSR count). The van der Waals surface area contributed by atoms with Crippen LogP contribution >= 0.6 is 0 Å². The van der Waals surface area contributed by atoms with Gasteiger partial charge in [0.05, 0.1) is 5.69 Å². The number of hydrogen-bond donors (Lipinski definition) is 1. The van der Waals surface area contributed by atoms with Crippen molar-refractivity contribution in [3.8, 4) is 0 Å². The van der Waals surface area contributed by atoms with E-state index < -0.39 is 0 Å². The minimum Gasteiger partial charge on any atom is -0.368 e. The van der Waals surface area contributed by atoms with Crippen LogP contribution in [0.2, 0.25) is 0 Å². The summed E-state index contributed by atoms with van der Waals surface area (Å²) in [6, 6.07) is 0. The first-order chi connectivity index (χ1) is 9.28. The highest BCUT2D eigenvalue weighted by molar-refractivity contribution is 5.73. The number of allylic oxidation sites excluding steroid dienone is 3. The summed E-state index contributed by atoms with van der Waals surface area (Å²) in [5, 5.41) is 2.92. The van der Waals surface area contributed by atoms with Crippen molar-refractivity contribution in [2.45, 2.75) is 6.92 Å². The van der Waals surface area contributed by atoms with E-state index in [4.69, 9.17) is 0 Å². The van der Waals surface area contributed by atoms with Crippen LogP contribution in [0.15, 0.2) is 56.3 Å². The van der Waals surface area contributed by atoms with Crippen LogP contribution in [0.1, 0.15) is 18.2 Å². The van der Waals surface area contributed by atoms with Crippen LogP contribution in [-0.4, -0.2) is 14.4 Å². The maximum atomic E-state index is 4.34. The van der Waals surface area contributed by atoms with Crippen molar-refractivity contribution in [1.29, 1.82) is 0 Å². The van der Waals surface area contributed by atoms with Crippen LogP contribution < -0.4 is 5.32 Å². The minimum atomic E-state index is 0.669. The van der Waals surface area contributed by atoms with Gasteiger partial charge in [0.25, 0.3) is 0 Å². The summed E-state index contributed by atoms with van der Waals surface area (Å²) in [5.74, 6) is 0.669. The van der Waals surface area contributed by atoms with Gasteiger partial charge in [-0.1, -0.05) is 19.2 Å². The van der Waals surface area contributed by atoms with E-state index in [0.29, 0.717) is 5.78 Å². The molecule has 0 aliphatic rings. The van der Waals surface area contributed by atoms with Gasteiger partial charge in [-0.3, -0.25) is 4.40 Å². The lowest BCUT2D eigenvalue weighted by Gasteiger charge is -2.02. The van der Waals surface area contributed by atoms with Gasteiger partial charge < -0.3 is 5.32 Å². The fourth-order valence-electron chi connectivity index (χ4n) is 1.72. The lowest BCUT2D eigenvalue weighted by atomic mass is 10.1. The Labute approximate surface area is 112 Å². The van der Waals surface area contributed by atoms with Crippen molar-refractivity contribution >= 4 is 17.4 Å². The Kier molecular flexibility index (Phi) is 3.93. The molecule has 0 radical (unpaired) electrons. The minimum absolute atomic E-state index is 0.669. The number of fused-ring (bicyclic) bond motifs is 1. The molecule has 0 aliphatic carbocycles. The second kappa shape index (κ2) is 5.82. The zero-order chi connectivity index (χ0) is 13.7. The molecule has 0 unspecified atom stereocenters. The number of rotatable bonds is 5. The first kappa shape index (κ1) is 12.8. The molecule has 2 aromatic heterocycles. The summed E-state index contributed by atoms with van der Waals surface area (Å²) in [6.07, 6.45) is 14.9. The van der Waals surface area contributed by atoms with Gasteiger partial charge in [-0.25, -0.2) is 9.97 Å². The third-order valence-corrected chi connectivity index (χ3v) is 2.66. The molecule has 0 aromatic carbocycles. The second-order valence-electron chi connectivity index (χ2n) is 3.87. The Morgan fingerprint density at radius 3 is 2.89 bits per heavy atom. The molecule has 0 saturated heterocycles. The average Bonchev–Trinajstić information content (AvgIpc) is 2.85. The van der Waals surface area contributed by atoms with Gasteiger partial charge in [-0.2, -0.15) is 0 Å². The van der Waals surface area contributed by atoms with Gasteiger partial charge in [0.15, 0.2) is 0 Å². The zero-order valence-corrected chi connectivity index (χ0v) is 10.9. The third kappa shape index (κ3) is 2.80. The van der Waals surface area contributed by atoms with E-state index in [1.807, 2.05) is 48.3 Å². The van der Waals surface area contributed by atoms with Crippen molar-refractivity contribution in [3.63, 3.8) is 0 Å². The zero-order valence-electron chi connectivity index (χ0n) is 10.9. The normalized spacial score (nSPS) is 11.9. The topological polar surface area (TPSA) is 42.2 Å². The lowest BCUT2D eigenvalue weighted by molar-refractivity contribution is 1.10. The van der Waals surface area contributed by atoms with Gasteiger partial charge in [0.2, 0.25) is 5.78 Å². The maximum absolute atomic E-state index is 4.34. The summed E-state index contributed by atoms with van der Waals surface area (Å²) in [6.45, 7) is 9.29. The summed E-state index contributed by atoms with van der Waals surface area (Å²) in [7, 11) is 0. The van der Waals surface area contributed by atoms with Crippen LogP contribution in [0, 0.1) is 0 Å². The molecule has 0 saturated carbocycles. The smallest absolute Gasteiger partial charge is 0.234 e. The molecule has 2 heterocycles. The SMILES string of the molecule is C=CN/C=C\C(=C/C)c1cnc2nc(C=C)cn2c1. The lowest BCUT2D eigenvalue weighted by Crippen LogP contribution is -1.93. The molecular weight excluding hydrogens is 236 g/mol. The largest absolute Gasteiger partial charge is 0.368 e. The van der Waals surface area contributed by atoms with E-state index in [9.17, 15) is 0 Å². The van der Waals surface area contributed by atoms with E-state index in [0.717, 1.165) is 16.8 Å². The highest BCUT2D eigenvalue weighted by Gasteiger charge is 2.03. The number of nitrogens with one attached hydrogen (secondary N) is 1. The molecule has 1 N–H and O–H groups in total. The van der Waals surface area contributed by atoms with E-state index in [1.165, 1.54) is 0 Å². The van der Waals surface area contributed by atoms with Gasteiger partial charge in [0.1, 0.15) is 0 Å². The Morgan fingerprint density at radius 2 is 2.21 bits per heavy atom. The van der Waals surface area contributed by atoms with Crippen LogP contribution in [0.5, 0.6) is 0 Å². The molecule has 4 heteroatoms. The average molecular weight is 252 g/mol. The molecule has 0 aliphatic heterocycles. The fourth-order valence-corrected chi connectivity index (χ4v) is 1.72. The van der Waals surface area contributed by atoms with E-state index in [1.54, 1.807) is 12.3 Å². The molecule has 0 fully saturated rings. The first-order valence-electron chi connectivity index (χ1n) is 5.96. The van der Waals surface area contributed by atoms with E-state index >= 15 is 0 Å². The molecule has 96 valence electrons. The quantitative estimate of drug-likeness (QED) is 0.832. The highest BCUT2D eigenvalue weighted by atomic mass is 15.1. The molecule has 4 nitrogen and oxygen atoms in total. The van der Waals surface area contributed by atoms with Crippen molar-refractivity contribution in [2.75, 3.05) is 0 Å². The Balaban J connectivity index is 2.38. The van der Waals surface area contributed by atoms with E-state index in [2.05, 4.69) is 28.4 Å². The maximum Gasteiger partial charge on any atom is 0.234 e. The van der Waals surface area contributed by atoms with Gasteiger partial charge in [-0.15, -0.1) is 0 Å². The molecule has 0 bridgehead atoms. The molecular formula is C15H16N4. The molecule has 0 spiro atoms. The number of hydrogen-bond acceptors (Lipinski definition) is 3. The Bertz CT molecular complexity index is 662. The van der Waals surface area contributed by atoms with Crippen molar-refractivity contribution in [2.24, 2.45) is 0 Å². The van der Waals surface area contributed by atoms with Crippen LogP contribution in [0.3, 0.4) is 0 Å². The summed E-state index contributed by atoms with van der Waals surface area (Å²) < 4.78 is 1.89. The molecule has 2 aromatic rings. The second-order valence-corrected chi connectivity index (χ2v) is 3.87. The van der Waals surface area contributed by atoms with Crippen molar-refractivity contribution < 1.29 is 0 Å². The van der Waals surface area contributed by atoms with Gasteiger partial charge in [0, 0.05) is 30.4 Å². The predicted octanol–water partition coefficient (Wildman–Crippen LogP) is 3.02. The number of aromatic nitrogens is 3. The predicted molar refractivity (Wildman–Crippen MR) is 79.2 cm³/mol. The van der Waals surface area contributed by atoms with Gasteiger partial charge >= 0.3 is 0 Å². The summed E-state index contributed by atoms with van der Waals surface area (Å²) in [4.78, 5) is 8.64. The van der Waals surface area contributed by atoms with Crippen LogP contribution in [-0.2, 0) is 0 Å². The Morgan fingerprint density at radius 1 is 1.37 bits per heavy atom. The number of nitrogens with zero attached hydrogens (tertiary/aromatic N) is 3. The Hall–Kier alpha value is -2.62. The van der Waals surface area contributed by atoms with Crippen molar-refractivity contribution in [1.82, 2.24) is 19.7 Å². The van der Waals surface area contributed by atoms with E-state index in [-0.39, 0.29) is 0 Å².